The van der Waals surface area contributed by atoms with Crippen LogP contribution in [0.3, 0.4) is 0 Å². The highest BCUT2D eigenvalue weighted by Gasteiger charge is 2.45. The molecule has 0 saturated heterocycles. The summed E-state index contributed by atoms with van der Waals surface area (Å²) in [7, 11) is 0. The summed E-state index contributed by atoms with van der Waals surface area (Å²) in [6, 6.07) is 12.2. The van der Waals surface area contributed by atoms with Crippen LogP contribution in [0, 0.1) is 37.5 Å². The van der Waals surface area contributed by atoms with Crippen molar-refractivity contribution in [3.05, 3.63) is 73.9 Å². The van der Waals surface area contributed by atoms with Crippen molar-refractivity contribution in [2.45, 2.75) is 57.7 Å². The topological polar surface area (TPSA) is 125 Å². The highest BCUT2D eigenvalue weighted by molar-refractivity contribution is 8.01. The van der Waals surface area contributed by atoms with Crippen LogP contribution in [0.4, 0.5) is 10.8 Å². The third-order valence-electron chi connectivity index (χ3n) is 7.09. The van der Waals surface area contributed by atoms with E-state index in [1.807, 2.05) is 51.1 Å². The molecule has 3 aromatic rings. The van der Waals surface area contributed by atoms with Gasteiger partial charge in [0.05, 0.1) is 23.3 Å². The normalized spacial score (nSPS) is 18.6. The number of thioether (sulfide) groups is 1. The molecule has 0 radical (unpaired) electrons. The number of thiophene rings is 1. The molecule has 0 spiro atoms. The van der Waals surface area contributed by atoms with Gasteiger partial charge < -0.3 is 11.1 Å². The number of aryl methyl sites for hydroxylation is 3. The molecule has 1 aromatic carbocycles. The number of ketones is 1. The van der Waals surface area contributed by atoms with Gasteiger partial charge in [-0.15, -0.1) is 21.5 Å². The largest absolute Gasteiger partial charge is 0.384 e. The van der Waals surface area contributed by atoms with Crippen LogP contribution in [-0.4, -0.2) is 27.6 Å². The van der Waals surface area contributed by atoms with Crippen LogP contribution in [-0.2, 0) is 9.59 Å². The lowest BCUT2D eigenvalue weighted by Gasteiger charge is -2.42. The minimum atomic E-state index is -0.492. The number of allylic oxidation sites excluding steroid dienone is 3. The summed E-state index contributed by atoms with van der Waals surface area (Å²) >= 11 is 4.15. The Labute approximate surface area is 246 Å². The summed E-state index contributed by atoms with van der Waals surface area (Å²) in [5.41, 5.74) is 11.0. The van der Waals surface area contributed by atoms with E-state index in [-0.39, 0.29) is 28.7 Å². The van der Waals surface area contributed by atoms with E-state index in [2.05, 4.69) is 35.4 Å². The van der Waals surface area contributed by atoms with Crippen LogP contribution in [0.25, 0.3) is 0 Å². The summed E-state index contributed by atoms with van der Waals surface area (Å²) in [5.74, 6) is -0.176. The molecule has 40 heavy (non-hydrogen) atoms. The van der Waals surface area contributed by atoms with Crippen molar-refractivity contribution in [1.29, 1.82) is 5.26 Å². The molecule has 0 saturated carbocycles. The Balaban J connectivity index is 1.45. The van der Waals surface area contributed by atoms with Crippen LogP contribution < -0.4 is 16.0 Å². The number of rotatable bonds is 6. The van der Waals surface area contributed by atoms with E-state index in [1.54, 1.807) is 16.2 Å². The molecule has 2 aliphatic rings. The number of amides is 1. The number of Topliss-reactive ketones (excluding diaryl/α,β-unsaturated/α-hetero) is 1. The van der Waals surface area contributed by atoms with Crippen molar-refractivity contribution in [3.8, 4) is 6.07 Å². The Morgan fingerprint density at radius 3 is 2.55 bits per heavy atom. The zero-order chi connectivity index (χ0) is 28.8. The Kier molecular flexibility index (Phi) is 7.61. The predicted octanol–water partition coefficient (Wildman–Crippen LogP) is 6.20. The first kappa shape index (κ1) is 28.1. The van der Waals surface area contributed by atoms with Gasteiger partial charge in [-0.05, 0) is 55.9 Å². The molecule has 3 N–H and O–H groups in total. The van der Waals surface area contributed by atoms with E-state index in [1.165, 1.54) is 23.1 Å². The average Bonchev–Trinajstić information content (AvgIpc) is 3.52. The van der Waals surface area contributed by atoms with Crippen LogP contribution in [0.15, 0.2) is 57.3 Å². The number of carbonyl (C=O) groups excluding carboxylic acids is 2. The molecule has 1 amide bonds. The third-order valence-corrected chi connectivity index (χ3v) is 10.2. The molecule has 1 unspecified atom stereocenters. The van der Waals surface area contributed by atoms with Crippen molar-refractivity contribution >= 4 is 56.9 Å². The number of carbonyl (C=O) groups is 2. The van der Waals surface area contributed by atoms with E-state index < -0.39 is 5.92 Å². The van der Waals surface area contributed by atoms with Gasteiger partial charge in [0.2, 0.25) is 11.0 Å². The maximum atomic E-state index is 13.6. The highest BCUT2D eigenvalue weighted by Crippen LogP contribution is 2.51. The first-order chi connectivity index (χ1) is 19.0. The number of nitrogens with two attached hydrogens (primary N) is 1. The number of hydrogen-bond acceptors (Lipinski definition) is 10. The summed E-state index contributed by atoms with van der Waals surface area (Å²) in [4.78, 5) is 30.1. The maximum absolute atomic E-state index is 13.6. The lowest BCUT2D eigenvalue weighted by Crippen LogP contribution is -2.42. The summed E-state index contributed by atoms with van der Waals surface area (Å²) in [6.45, 7) is 10.1. The van der Waals surface area contributed by atoms with E-state index >= 15 is 0 Å². The lowest BCUT2D eigenvalue weighted by atomic mass is 9.70. The summed E-state index contributed by atoms with van der Waals surface area (Å²) in [6.07, 6.45) is 1.00. The minimum absolute atomic E-state index is 0.0230. The van der Waals surface area contributed by atoms with Gasteiger partial charge in [0.25, 0.3) is 0 Å². The molecule has 8 nitrogen and oxygen atoms in total. The van der Waals surface area contributed by atoms with Crippen LogP contribution in [0.2, 0.25) is 0 Å². The Hall–Kier alpha value is -3.46. The Bertz CT molecular complexity index is 1600. The third kappa shape index (κ3) is 5.31. The number of anilines is 2. The molecule has 5 rings (SSSR count). The number of hydrogen-bond donors (Lipinski definition) is 2. The molecule has 0 fully saturated rings. The minimum Gasteiger partial charge on any atom is -0.384 e. The molecule has 1 aliphatic heterocycles. The molecule has 2 aromatic heterocycles. The number of nitrogens with zero attached hydrogens (tertiary/aromatic N) is 4. The molecular weight excluding hydrogens is 561 g/mol. The fraction of sp³-hybridized carbons (Fsp3) is 0.345. The monoisotopic (exact) mass is 590 g/mol. The van der Waals surface area contributed by atoms with Gasteiger partial charge in [0.1, 0.15) is 5.82 Å². The van der Waals surface area contributed by atoms with Crippen molar-refractivity contribution in [2.24, 2.45) is 11.1 Å². The number of benzene rings is 1. The van der Waals surface area contributed by atoms with Gasteiger partial charge in [0, 0.05) is 33.1 Å². The predicted molar refractivity (Wildman–Crippen MR) is 161 cm³/mol. The van der Waals surface area contributed by atoms with Crippen molar-refractivity contribution in [2.75, 3.05) is 16.0 Å². The molecule has 11 heteroatoms. The molecule has 0 bridgehead atoms. The van der Waals surface area contributed by atoms with Crippen LogP contribution in [0.5, 0.6) is 0 Å². The number of para-hydroxylation sites is 1. The fourth-order valence-electron chi connectivity index (χ4n) is 5.29. The molecule has 3 heterocycles. The zero-order valence-corrected chi connectivity index (χ0v) is 25.4. The fourth-order valence-corrected chi connectivity index (χ4v) is 7.96. The van der Waals surface area contributed by atoms with E-state index in [9.17, 15) is 14.9 Å². The number of nitrogens with one attached hydrogen (secondary N) is 1. The van der Waals surface area contributed by atoms with Crippen LogP contribution >= 0.6 is 34.4 Å². The van der Waals surface area contributed by atoms with Crippen molar-refractivity contribution < 1.29 is 9.59 Å². The highest BCUT2D eigenvalue weighted by atomic mass is 32.2. The molecule has 206 valence electrons. The standard InChI is InChI=1S/C29H30N6O2S3/c1-15-7-6-8-16(2)25(15)32-22(37)14-38-28-34-33-27(40-28)35-19-11-29(4,5)12-20(36)24(19)23(18(13-30)26(35)31)21-10-9-17(3)39-21/h6-10,23H,11-12,14,31H2,1-5H3,(H,32,37). The van der Waals surface area contributed by atoms with E-state index in [0.717, 1.165) is 32.3 Å². The van der Waals surface area contributed by atoms with E-state index in [4.69, 9.17) is 5.73 Å². The van der Waals surface area contributed by atoms with Gasteiger partial charge in [0.15, 0.2) is 10.1 Å². The maximum Gasteiger partial charge on any atom is 0.234 e. The first-order valence-corrected chi connectivity index (χ1v) is 15.5. The second-order valence-electron chi connectivity index (χ2n) is 10.9. The first-order valence-electron chi connectivity index (χ1n) is 12.8. The second kappa shape index (κ2) is 10.8. The second-order valence-corrected chi connectivity index (χ2v) is 14.4. The van der Waals surface area contributed by atoms with E-state index in [0.29, 0.717) is 33.5 Å². The Morgan fingerprint density at radius 2 is 1.90 bits per heavy atom. The van der Waals surface area contributed by atoms with Gasteiger partial charge in [-0.25, -0.2) is 0 Å². The van der Waals surface area contributed by atoms with Crippen molar-refractivity contribution in [1.82, 2.24) is 10.2 Å². The van der Waals surface area contributed by atoms with Crippen molar-refractivity contribution in [3.63, 3.8) is 0 Å². The van der Waals surface area contributed by atoms with Gasteiger partial charge in [-0.1, -0.05) is 55.1 Å². The molecular formula is C29H30N6O2S3. The SMILES string of the molecule is Cc1ccc(C2C(C#N)=C(N)N(c3nnc(SCC(=O)Nc4c(C)cccc4C)s3)C3=C2C(=O)CC(C)(C)C3)s1. The lowest BCUT2D eigenvalue weighted by molar-refractivity contribution is -0.118. The zero-order valence-electron chi connectivity index (χ0n) is 23.0. The Morgan fingerprint density at radius 1 is 1.18 bits per heavy atom. The summed E-state index contributed by atoms with van der Waals surface area (Å²) < 4.78 is 0.595. The quantitative estimate of drug-likeness (QED) is 0.325. The van der Waals surface area contributed by atoms with Gasteiger partial charge in [-0.3, -0.25) is 14.5 Å². The van der Waals surface area contributed by atoms with Crippen LogP contribution in [0.1, 0.15) is 53.5 Å². The molecule has 1 aliphatic carbocycles. The number of aromatic nitrogens is 2. The number of nitriles is 1. The smallest absolute Gasteiger partial charge is 0.234 e. The average molecular weight is 591 g/mol. The van der Waals surface area contributed by atoms with Gasteiger partial charge in [-0.2, -0.15) is 5.26 Å². The van der Waals surface area contributed by atoms with Gasteiger partial charge >= 0.3 is 0 Å². The summed E-state index contributed by atoms with van der Waals surface area (Å²) in [5, 5.41) is 22.4. The molecule has 1 atom stereocenters.